The molecule has 2 aromatic rings. The number of fused-ring (bicyclic) bond motifs is 1. The molecule has 0 aromatic carbocycles. The number of aromatic nitrogens is 4. The topological polar surface area (TPSA) is 141 Å². The number of carbonyl (C=O) groups is 1. The predicted octanol–water partition coefficient (Wildman–Crippen LogP) is -8.55. The van der Waals surface area contributed by atoms with Gasteiger partial charge in [0.05, 0.1) is 12.2 Å². The molecule has 0 aliphatic carbocycles. The summed E-state index contributed by atoms with van der Waals surface area (Å²) >= 11 is 0. The van der Waals surface area contributed by atoms with Crippen LogP contribution in [0, 0.1) is 0 Å². The van der Waals surface area contributed by atoms with Crippen LogP contribution < -0.4 is 75.1 Å². The van der Waals surface area contributed by atoms with Gasteiger partial charge in [-0.15, -0.1) is 0 Å². The van der Waals surface area contributed by atoms with Gasteiger partial charge in [-0.05, 0) is 0 Å². The van der Waals surface area contributed by atoms with Crippen LogP contribution in [0.15, 0.2) is 6.20 Å². The molecule has 0 fully saturated rings. The summed E-state index contributed by atoms with van der Waals surface area (Å²) in [4.78, 5) is 24.5. The minimum atomic E-state index is -1.53. The van der Waals surface area contributed by atoms with Crippen molar-refractivity contribution in [1.82, 2.24) is 19.9 Å². The number of rotatable bonds is 1. The summed E-state index contributed by atoms with van der Waals surface area (Å²) in [6, 6.07) is 0. The summed E-state index contributed by atoms with van der Waals surface area (Å²) in [6.07, 6.45) is 0.934. The molecule has 2 N–H and O–H groups in total. The van der Waals surface area contributed by atoms with Crippen molar-refractivity contribution in [3.05, 3.63) is 11.9 Å². The second-order valence-electron chi connectivity index (χ2n) is 2.60. The maximum absolute atomic E-state index is 11.2. The van der Waals surface area contributed by atoms with Gasteiger partial charge >= 0.3 is 59.1 Å². The van der Waals surface area contributed by atoms with Crippen LogP contribution in [0.4, 0.5) is 5.95 Å². The van der Waals surface area contributed by atoms with Gasteiger partial charge in [-0.1, -0.05) is 0 Å². The summed E-state index contributed by atoms with van der Waals surface area (Å²) in [5, 5.41) is 21.7. The molecule has 0 amide bonds. The molecule has 2 aromatic heterocycles. The van der Waals surface area contributed by atoms with E-state index in [0.29, 0.717) is 0 Å². The smallest absolute Gasteiger partial charge is 0.857 e. The number of carbonyl (C=O) groups excluding carboxylic acids is 1. The largest absolute Gasteiger partial charge is 1.00 e. The van der Waals surface area contributed by atoms with E-state index in [1.807, 2.05) is 0 Å². The normalized spacial score (nSPS) is 9.18. The molecule has 0 saturated carbocycles. The van der Waals surface area contributed by atoms with Gasteiger partial charge in [0, 0.05) is 5.88 Å². The third-order valence-electron chi connectivity index (χ3n) is 1.60. The first-order valence-electron chi connectivity index (χ1n) is 3.76. The van der Waals surface area contributed by atoms with Crippen LogP contribution in [0.25, 0.3) is 11.2 Å². The van der Waals surface area contributed by atoms with Crippen LogP contribution in [-0.4, -0.2) is 25.9 Å². The van der Waals surface area contributed by atoms with E-state index >= 15 is 0 Å². The van der Waals surface area contributed by atoms with Crippen LogP contribution in [-0.2, 0) is 0 Å². The summed E-state index contributed by atoms with van der Waals surface area (Å²) in [5.74, 6) is -2.53. The van der Waals surface area contributed by atoms with E-state index < -0.39 is 17.5 Å². The third-order valence-corrected chi connectivity index (χ3v) is 1.60. The zero-order chi connectivity index (χ0) is 11.0. The Morgan fingerprint density at radius 3 is 2.47 bits per heavy atom. The number of nitrogen functional groups attached to an aromatic ring is 1. The molecule has 0 aliphatic rings. The summed E-state index contributed by atoms with van der Waals surface area (Å²) in [5.41, 5.74) is 4.46. The number of hydrogen-bond donors (Lipinski definition) is 1. The van der Waals surface area contributed by atoms with Gasteiger partial charge in [0.1, 0.15) is 11.2 Å². The second kappa shape index (κ2) is 6.43. The Kier molecular flexibility index (Phi) is 6.24. The first kappa shape index (κ1) is 16.5. The van der Waals surface area contributed by atoms with Gasteiger partial charge < -0.3 is 20.7 Å². The van der Waals surface area contributed by atoms with E-state index in [1.54, 1.807) is 0 Å². The number of hydrogen-bond acceptors (Lipinski definition) is 8. The molecule has 0 unspecified atom stereocenters. The van der Waals surface area contributed by atoms with Crippen molar-refractivity contribution in [2.75, 3.05) is 5.73 Å². The molecule has 0 bridgehead atoms. The van der Waals surface area contributed by atoms with Gasteiger partial charge in [-0.3, -0.25) is 0 Å². The Bertz CT molecular complexity index is 564. The second-order valence-corrected chi connectivity index (χ2v) is 2.60. The van der Waals surface area contributed by atoms with Gasteiger partial charge in [0.25, 0.3) is 0 Å². The van der Waals surface area contributed by atoms with E-state index in [9.17, 15) is 15.0 Å². The first-order chi connectivity index (χ1) is 7.08. The number of nitrogens with zero attached hydrogens (tertiary/aromatic N) is 4. The quantitative estimate of drug-likeness (QED) is 0.492. The van der Waals surface area contributed by atoms with Crippen LogP contribution >= 0.6 is 0 Å². The molecule has 2 heterocycles. The number of carboxylic acids is 1. The Morgan fingerprint density at radius 1 is 1.24 bits per heavy atom. The molecular weight excluding hydrogens is 248 g/mol. The molecular formula is C7H3N5Na2O3. The fourth-order valence-electron chi connectivity index (χ4n) is 0.997. The van der Waals surface area contributed by atoms with Gasteiger partial charge in [0.15, 0.2) is 5.65 Å². The molecule has 0 spiro atoms. The molecule has 0 atom stereocenters. The third kappa shape index (κ3) is 3.47. The van der Waals surface area contributed by atoms with Gasteiger partial charge in [-0.25, -0.2) is 15.0 Å². The maximum atomic E-state index is 11.2. The Balaban J connectivity index is 0.00000128. The van der Waals surface area contributed by atoms with Crippen molar-refractivity contribution in [2.24, 2.45) is 0 Å². The average molecular weight is 251 g/mol. The van der Waals surface area contributed by atoms with E-state index in [2.05, 4.69) is 19.9 Å². The molecule has 10 heteroatoms. The monoisotopic (exact) mass is 251 g/mol. The minimum absolute atomic E-state index is 0. The predicted molar refractivity (Wildman–Crippen MR) is 43.3 cm³/mol. The number of aromatic carboxylic acids is 1. The van der Waals surface area contributed by atoms with E-state index in [0.717, 1.165) is 6.20 Å². The Hall–Kier alpha value is -0.510. The fraction of sp³-hybridized carbons (Fsp3) is 0. The maximum Gasteiger partial charge on any atom is 1.00 e. The molecule has 8 nitrogen and oxygen atoms in total. The standard InChI is InChI=1S/C7H5N5O3.2Na/c8-7-11-4-3(5(13)12-7)10-2(1-9-4)6(14)15;;/h1H,(H,14,15)(H3,8,9,11,12,13);;/q;2*+1/p-2. The fourth-order valence-corrected chi connectivity index (χ4v) is 0.997. The number of carboxylic acid groups (broad SMARTS) is 1. The van der Waals surface area contributed by atoms with Crippen molar-refractivity contribution in [3.8, 4) is 5.88 Å². The molecule has 76 valence electrons. The Labute approximate surface area is 139 Å². The van der Waals surface area contributed by atoms with Crippen molar-refractivity contribution in [1.29, 1.82) is 0 Å². The van der Waals surface area contributed by atoms with Crippen molar-refractivity contribution in [3.63, 3.8) is 0 Å². The zero-order valence-electron chi connectivity index (χ0n) is 9.17. The zero-order valence-corrected chi connectivity index (χ0v) is 13.2. The SMILES string of the molecule is Nc1nc([O-])c2nc(C(=O)[O-])cnc2n1.[Na+].[Na+]. The molecule has 2 rings (SSSR count). The first-order valence-corrected chi connectivity index (χ1v) is 3.76. The van der Waals surface area contributed by atoms with Gasteiger partial charge in [0.2, 0.25) is 5.95 Å². The molecule has 0 aliphatic heterocycles. The molecule has 0 saturated heterocycles. The summed E-state index contributed by atoms with van der Waals surface area (Å²) < 4.78 is 0. The number of anilines is 1. The van der Waals surface area contributed by atoms with Crippen LogP contribution in [0.5, 0.6) is 5.88 Å². The molecule has 17 heavy (non-hydrogen) atoms. The Morgan fingerprint density at radius 2 is 1.88 bits per heavy atom. The minimum Gasteiger partial charge on any atom is -0.857 e. The van der Waals surface area contributed by atoms with Crippen LogP contribution in [0.1, 0.15) is 10.5 Å². The van der Waals surface area contributed by atoms with Crippen molar-refractivity contribution < 1.29 is 74.1 Å². The van der Waals surface area contributed by atoms with Crippen LogP contribution in [0.3, 0.4) is 0 Å². The summed E-state index contributed by atoms with van der Waals surface area (Å²) in [6.45, 7) is 0. The van der Waals surface area contributed by atoms with E-state index in [-0.39, 0.29) is 76.2 Å². The average Bonchev–Trinajstić information content (AvgIpc) is 2.16. The van der Waals surface area contributed by atoms with E-state index in [4.69, 9.17) is 5.73 Å². The molecule has 0 radical (unpaired) electrons. The van der Waals surface area contributed by atoms with Crippen molar-refractivity contribution in [2.45, 2.75) is 0 Å². The summed E-state index contributed by atoms with van der Waals surface area (Å²) in [7, 11) is 0. The van der Waals surface area contributed by atoms with Crippen LogP contribution in [0.2, 0.25) is 0 Å². The van der Waals surface area contributed by atoms with E-state index in [1.165, 1.54) is 0 Å². The van der Waals surface area contributed by atoms with Crippen molar-refractivity contribution >= 4 is 23.1 Å². The van der Waals surface area contributed by atoms with Gasteiger partial charge in [-0.2, -0.15) is 4.98 Å². The number of nitrogens with two attached hydrogens (primary N) is 1.